The highest BCUT2D eigenvalue weighted by Gasteiger charge is 2.42. The quantitative estimate of drug-likeness (QED) is 0.849. The molecule has 1 aliphatic heterocycles. The predicted molar refractivity (Wildman–Crippen MR) is 81.9 cm³/mol. The molecule has 0 aliphatic carbocycles. The summed E-state index contributed by atoms with van der Waals surface area (Å²) in [5.74, 6) is -0.123. The topological polar surface area (TPSA) is 61.4 Å². The third-order valence-corrected chi connectivity index (χ3v) is 4.20. The lowest BCUT2D eigenvalue weighted by Crippen LogP contribution is -2.52. The molecule has 5 heteroatoms. The molecule has 2 amide bonds. The Labute approximate surface area is 125 Å². The fourth-order valence-electron chi connectivity index (χ4n) is 2.97. The standard InChI is InChI=1S/C16H23N3O2/c1-17-14(20)12-19(2)15(21)16(8-10-18-11-9-16)13-6-4-3-5-7-13/h3-7,18H,8-12H2,1-2H3,(H,17,20). The Bertz CT molecular complexity index is 496. The first-order chi connectivity index (χ1) is 10.1. The fraction of sp³-hybridized carbons (Fsp3) is 0.500. The van der Waals surface area contributed by atoms with E-state index in [9.17, 15) is 9.59 Å². The summed E-state index contributed by atoms with van der Waals surface area (Å²) < 4.78 is 0. The van der Waals surface area contributed by atoms with Crippen molar-refractivity contribution in [3.63, 3.8) is 0 Å². The van der Waals surface area contributed by atoms with Crippen molar-refractivity contribution in [2.45, 2.75) is 18.3 Å². The molecule has 2 N–H and O–H groups in total. The molecule has 1 saturated heterocycles. The highest BCUT2D eigenvalue weighted by atomic mass is 16.2. The van der Waals surface area contributed by atoms with Crippen molar-refractivity contribution in [1.29, 1.82) is 0 Å². The molecule has 1 aliphatic rings. The van der Waals surface area contributed by atoms with Gasteiger partial charge in [-0.1, -0.05) is 30.3 Å². The van der Waals surface area contributed by atoms with Crippen LogP contribution in [0.1, 0.15) is 18.4 Å². The van der Waals surface area contributed by atoms with Gasteiger partial charge in [-0.3, -0.25) is 9.59 Å². The van der Waals surface area contributed by atoms with E-state index in [2.05, 4.69) is 10.6 Å². The van der Waals surface area contributed by atoms with Gasteiger partial charge in [0.1, 0.15) is 0 Å². The molecule has 5 nitrogen and oxygen atoms in total. The first-order valence-corrected chi connectivity index (χ1v) is 7.32. The first kappa shape index (κ1) is 15.5. The number of nitrogens with one attached hydrogen (secondary N) is 2. The maximum absolute atomic E-state index is 13.0. The maximum atomic E-state index is 13.0. The van der Waals surface area contributed by atoms with Crippen LogP contribution in [0.15, 0.2) is 30.3 Å². The van der Waals surface area contributed by atoms with Gasteiger partial charge in [0.05, 0.1) is 12.0 Å². The second-order valence-electron chi connectivity index (χ2n) is 5.53. The van der Waals surface area contributed by atoms with Gasteiger partial charge in [-0.15, -0.1) is 0 Å². The third-order valence-electron chi connectivity index (χ3n) is 4.20. The number of benzene rings is 1. The van der Waals surface area contributed by atoms with Crippen LogP contribution in [0.2, 0.25) is 0 Å². The van der Waals surface area contributed by atoms with E-state index >= 15 is 0 Å². The Kier molecular flexibility index (Phi) is 4.96. The molecule has 2 rings (SSSR count). The molecule has 1 heterocycles. The van der Waals surface area contributed by atoms with Gasteiger partial charge in [0.25, 0.3) is 0 Å². The zero-order chi connectivity index (χ0) is 15.3. The molecule has 21 heavy (non-hydrogen) atoms. The number of carbonyl (C=O) groups is 2. The summed E-state index contributed by atoms with van der Waals surface area (Å²) in [4.78, 5) is 26.1. The molecule has 0 spiro atoms. The number of piperidine rings is 1. The number of rotatable bonds is 4. The average Bonchev–Trinajstić information content (AvgIpc) is 2.55. The number of likely N-dealkylation sites (N-methyl/N-ethyl adjacent to an activating group) is 2. The number of amides is 2. The minimum absolute atomic E-state index is 0.0267. The SMILES string of the molecule is CNC(=O)CN(C)C(=O)C1(c2ccccc2)CCNCC1. The van der Waals surface area contributed by atoms with Crippen LogP contribution < -0.4 is 10.6 Å². The van der Waals surface area contributed by atoms with Gasteiger partial charge in [0, 0.05) is 14.1 Å². The highest BCUT2D eigenvalue weighted by molar-refractivity contribution is 5.91. The van der Waals surface area contributed by atoms with Crippen LogP contribution in [0, 0.1) is 0 Å². The molecule has 0 atom stereocenters. The maximum Gasteiger partial charge on any atom is 0.239 e. The molecule has 1 aromatic rings. The molecule has 0 bridgehead atoms. The fourth-order valence-corrected chi connectivity index (χ4v) is 2.97. The van der Waals surface area contributed by atoms with Crippen molar-refractivity contribution in [2.75, 3.05) is 33.7 Å². The van der Waals surface area contributed by atoms with E-state index in [4.69, 9.17) is 0 Å². The van der Waals surface area contributed by atoms with Crippen molar-refractivity contribution in [3.05, 3.63) is 35.9 Å². The number of hydrogen-bond donors (Lipinski definition) is 2. The minimum atomic E-state index is -0.519. The average molecular weight is 289 g/mol. The van der Waals surface area contributed by atoms with Crippen molar-refractivity contribution >= 4 is 11.8 Å². The van der Waals surface area contributed by atoms with Crippen LogP contribution in [0.4, 0.5) is 0 Å². The normalized spacial score (nSPS) is 17.0. The lowest BCUT2D eigenvalue weighted by atomic mass is 9.72. The van der Waals surface area contributed by atoms with Crippen LogP contribution >= 0.6 is 0 Å². The summed E-state index contributed by atoms with van der Waals surface area (Å²) in [5, 5.41) is 5.87. The molecule has 1 aromatic carbocycles. The van der Waals surface area contributed by atoms with E-state index in [1.165, 1.54) is 4.90 Å². The Hall–Kier alpha value is -1.88. The molecule has 0 unspecified atom stereocenters. The Morgan fingerprint density at radius 1 is 1.24 bits per heavy atom. The Morgan fingerprint density at radius 2 is 1.86 bits per heavy atom. The van der Waals surface area contributed by atoms with E-state index < -0.39 is 5.41 Å². The number of carbonyl (C=O) groups excluding carboxylic acids is 2. The van der Waals surface area contributed by atoms with Gasteiger partial charge in [-0.25, -0.2) is 0 Å². The molecular weight excluding hydrogens is 266 g/mol. The summed E-state index contributed by atoms with van der Waals surface area (Å²) >= 11 is 0. The van der Waals surface area contributed by atoms with E-state index in [0.29, 0.717) is 0 Å². The monoisotopic (exact) mass is 289 g/mol. The predicted octanol–water partition coefficient (Wildman–Crippen LogP) is 0.512. The summed E-state index contributed by atoms with van der Waals surface area (Å²) in [6.07, 6.45) is 1.52. The molecular formula is C16H23N3O2. The van der Waals surface area contributed by atoms with Crippen LogP contribution in [-0.2, 0) is 15.0 Å². The van der Waals surface area contributed by atoms with E-state index in [0.717, 1.165) is 31.5 Å². The molecule has 0 radical (unpaired) electrons. The molecule has 1 fully saturated rings. The Balaban J connectivity index is 2.28. The van der Waals surface area contributed by atoms with Gasteiger partial charge in [0.15, 0.2) is 0 Å². The second-order valence-corrected chi connectivity index (χ2v) is 5.53. The lowest BCUT2D eigenvalue weighted by molar-refractivity contribution is -0.140. The Morgan fingerprint density at radius 3 is 2.43 bits per heavy atom. The van der Waals surface area contributed by atoms with Gasteiger partial charge < -0.3 is 15.5 Å². The van der Waals surface area contributed by atoms with Crippen LogP contribution in [-0.4, -0.2) is 50.4 Å². The second kappa shape index (κ2) is 6.72. The van der Waals surface area contributed by atoms with E-state index in [1.807, 2.05) is 30.3 Å². The lowest BCUT2D eigenvalue weighted by Gasteiger charge is -2.39. The van der Waals surface area contributed by atoms with Gasteiger partial charge in [-0.05, 0) is 31.5 Å². The van der Waals surface area contributed by atoms with Crippen molar-refractivity contribution in [3.8, 4) is 0 Å². The largest absolute Gasteiger partial charge is 0.358 e. The van der Waals surface area contributed by atoms with Crippen LogP contribution in [0.5, 0.6) is 0 Å². The molecule has 0 aromatic heterocycles. The van der Waals surface area contributed by atoms with Crippen molar-refractivity contribution in [1.82, 2.24) is 15.5 Å². The zero-order valence-corrected chi connectivity index (χ0v) is 12.7. The third kappa shape index (κ3) is 3.24. The number of hydrogen-bond acceptors (Lipinski definition) is 3. The molecule has 114 valence electrons. The molecule has 0 saturated carbocycles. The van der Waals surface area contributed by atoms with Crippen LogP contribution in [0.3, 0.4) is 0 Å². The van der Waals surface area contributed by atoms with Gasteiger partial charge in [0.2, 0.25) is 11.8 Å². The van der Waals surface area contributed by atoms with Crippen LogP contribution in [0.25, 0.3) is 0 Å². The van der Waals surface area contributed by atoms with Gasteiger partial charge in [-0.2, -0.15) is 0 Å². The summed E-state index contributed by atoms with van der Waals surface area (Å²) in [6, 6.07) is 9.90. The van der Waals surface area contributed by atoms with E-state index in [-0.39, 0.29) is 18.4 Å². The van der Waals surface area contributed by atoms with Gasteiger partial charge >= 0.3 is 0 Å². The highest BCUT2D eigenvalue weighted by Crippen LogP contribution is 2.35. The summed E-state index contributed by atoms with van der Waals surface area (Å²) in [6.45, 7) is 1.72. The first-order valence-electron chi connectivity index (χ1n) is 7.32. The number of nitrogens with zero attached hydrogens (tertiary/aromatic N) is 1. The zero-order valence-electron chi connectivity index (χ0n) is 12.7. The van der Waals surface area contributed by atoms with Crippen molar-refractivity contribution in [2.24, 2.45) is 0 Å². The smallest absolute Gasteiger partial charge is 0.239 e. The summed E-state index contributed by atoms with van der Waals surface area (Å²) in [7, 11) is 3.28. The van der Waals surface area contributed by atoms with Crippen molar-refractivity contribution < 1.29 is 9.59 Å². The summed E-state index contributed by atoms with van der Waals surface area (Å²) in [5.41, 5.74) is 0.523. The minimum Gasteiger partial charge on any atom is -0.358 e. The van der Waals surface area contributed by atoms with E-state index in [1.54, 1.807) is 14.1 Å².